The molecule has 102 valence electrons. The molecule has 1 aromatic carbocycles. The first-order valence-corrected chi connectivity index (χ1v) is 6.47. The van der Waals surface area contributed by atoms with Crippen molar-refractivity contribution in [2.75, 3.05) is 0 Å². The Balaban J connectivity index is 2.38. The number of nitrogens with zero attached hydrogens (tertiary/aromatic N) is 2. The molecule has 1 atom stereocenters. The van der Waals surface area contributed by atoms with E-state index in [1.165, 1.54) is 6.07 Å². The quantitative estimate of drug-likeness (QED) is 0.655. The molecule has 1 unspecified atom stereocenters. The standard InChI is InChI=1S/C13H16ClFN4/c1-2-6-19-7-5-17-13(19)12(18-16)9-3-4-11(15)10(14)8-9/h3-5,7-8,12,18H,2,6,16H2,1H3. The van der Waals surface area contributed by atoms with E-state index in [2.05, 4.69) is 17.3 Å². The molecule has 0 aliphatic carbocycles. The average Bonchev–Trinajstić information content (AvgIpc) is 2.83. The Morgan fingerprint density at radius 2 is 2.32 bits per heavy atom. The zero-order chi connectivity index (χ0) is 13.8. The molecule has 0 spiro atoms. The third kappa shape index (κ3) is 2.94. The van der Waals surface area contributed by atoms with Crippen molar-refractivity contribution in [2.24, 2.45) is 5.84 Å². The molecule has 0 saturated heterocycles. The third-order valence-electron chi connectivity index (χ3n) is 2.91. The molecular weight excluding hydrogens is 267 g/mol. The molecule has 0 aliphatic rings. The summed E-state index contributed by atoms with van der Waals surface area (Å²) < 4.78 is 15.2. The van der Waals surface area contributed by atoms with E-state index in [4.69, 9.17) is 17.4 Å². The molecule has 1 heterocycles. The van der Waals surface area contributed by atoms with Crippen molar-refractivity contribution in [3.63, 3.8) is 0 Å². The smallest absolute Gasteiger partial charge is 0.141 e. The van der Waals surface area contributed by atoms with Gasteiger partial charge in [-0.3, -0.25) is 5.84 Å². The summed E-state index contributed by atoms with van der Waals surface area (Å²) in [7, 11) is 0. The zero-order valence-corrected chi connectivity index (χ0v) is 11.4. The van der Waals surface area contributed by atoms with Gasteiger partial charge >= 0.3 is 0 Å². The first-order chi connectivity index (χ1) is 9.17. The van der Waals surface area contributed by atoms with Crippen molar-refractivity contribution in [3.05, 3.63) is 52.8 Å². The first kappa shape index (κ1) is 14.0. The van der Waals surface area contributed by atoms with Gasteiger partial charge < -0.3 is 4.57 Å². The summed E-state index contributed by atoms with van der Waals surface area (Å²) in [5.74, 6) is 5.95. The van der Waals surface area contributed by atoms with Gasteiger partial charge in [0.05, 0.1) is 5.02 Å². The predicted molar refractivity (Wildman–Crippen MR) is 73.1 cm³/mol. The first-order valence-electron chi connectivity index (χ1n) is 6.09. The molecule has 2 rings (SSSR count). The fourth-order valence-electron chi connectivity index (χ4n) is 2.02. The maximum absolute atomic E-state index is 13.2. The molecular formula is C13H16ClFN4. The lowest BCUT2D eigenvalue weighted by atomic mass is 10.1. The Morgan fingerprint density at radius 3 is 2.95 bits per heavy atom. The molecule has 6 heteroatoms. The van der Waals surface area contributed by atoms with Crippen LogP contribution in [-0.2, 0) is 6.54 Å². The van der Waals surface area contributed by atoms with Crippen molar-refractivity contribution in [2.45, 2.75) is 25.9 Å². The molecule has 3 N–H and O–H groups in total. The summed E-state index contributed by atoms with van der Waals surface area (Å²) >= 11 is 5.81. The van der Waals surface area contributed by atoms with Crippen LogP contribution in [0.4, 0.5) is 4.39 Å². The number of rotatable bonds is 5. The fraction of sp³-hybridized carbons (Fsp3) is 0.308. The summed E-state index contributed by atoms with van der Waals surface area (Å²) in [5, 5.41) is 0.0753. The summed E-state index contributed by atoms with van der Waals surface area (Å²) in [5.41, 5.74) is 3.48. The number of hydrazine groups is 1. The molecule has 19 heavy (non-hydrogen) atoms. The highest BCUT2D eigenvalue weighted by molar-refractivity contribution is 6.30. The predicted octanol–water partition coefficient (Wildman–Crippen LogP) is 2.64. The highest BCUT2D eigenvalue weighted by atomic mass is 35.5. The molecule has 0 fully saturated rings. The van der Waals surface area contributed by atoms with E-state index in [9.17, 15) is 4.39 Å². The minimum atomic E-state index is -0.446. The Bertz CT molecular complexity index is 555. The average molecular weight is 283 g/mol. The van der Waals surface area contributed by atoms with Crippen molar-refractivity contribution < 1.29 is 4.39 Å². The molecule has 0 aliphatic heterocycles. The molecule has 4 nitrogen and oxygen atoms in total. The van der Waals surface area contributed by atoms with Crippen molar-refractivity contribution in [1.29, 1.82) is 0 Å². The van der Waals surface area contributed by atoms with E-state index in [-0.39, 0.29) is 11.1 Å². The number of aryl methyl sites for hydroxylation is 1. The van der Waals surface area contributed by atoms with Crippen LogP contribution >= 0.6 is 11.6 Å². The van der Waals surface area contributed by atoms with Crippen molar-refractivity contribution in [1.82, 2.24) is 15.0 Å². The highest BCUT2D eigenvalue weighted by Crippen LogP contribution is 2.24. The van der Waals surface area contributed by atoms with E-state index in [1.807, 2.05) is 10.8 Å². The van der Waals surface area contributed by atoms with Gasteiger partial charge in [-0.05, 0) is 24.1 Å². The van der Waals surface area contributed by atoms with Crippen LogP contribution in [0.15, 0.2) is 30.6 Å². The third-order valence-corrected chi connectivity index (χ3v) is 3.20. The van der Waals surface area contributed by atoms with Gasteiger partial charge in [-0.2, -0.15) is 0 Å². The van der Waals surface area contributed by atoms with Crippen LogP contribution in [-0.4, -0.2) is 9.55 Å². The van der Waals surface area contributed by atoms with Crippen molar-refractivity contribution in [3.8, 4) is 0 Å². The second-order valence-corrected chi connectivity index (χ2v) is 4.66. The Morgan fingerprint density at radius 1 is 1.53 bits per heavy atom. The summed E-state index contributed by atoms with van der Waals surface area (Å²) in [6, 6.07) is 4.22. The van der Waals surface area contributed by atoms with Crippen LogP contribution in [0, 0.1) is 5.82 Å². The topological polar surface area (TPSA) is 55.9 Å². The van der Waals surface area contributed by atoms with Gasteiger partial charge in [0.2, 0.25) is 0 Å². The lowest BCUT2D eigenvalue weighted by Gasteiger charge is -2.18. The van der Waals surface area contributed by atoms with Gasteiger partial charge in [-0.1, -0.05) is 24.6 Å². The number of hydrogen-bond donors (Lipinski definition) is 2. The number of aromatic nitrogens is 2. The Kier molecular flexibility index (Phi) is 4.52. The molecule has 2 aromatic rings. The Labute approximate surface area is 116 Å². The van der Waals surface area contributed by atoms with E-state index < -0.39 is 5.82 Å². The monoisotopic (exact) mass is 282 g/mol. The van der Waals surface area contributed by atoms with Gasteiger partial charge in [0.15, 0.2) is 0 Å². The van der Waals surface area contributed by atoms with Gasteiger partial charge in [-0.15, -0.1) is 0 Å². The number of imidazole rings is 1. The highest BCUT2D eigenvalue weighted by Gasteiger charge is 2.18. The molecule has 0 amide bonds. The van der Waals surface area contributed by atoms with Gasteiger partial charge in [0.25, 0.3) is 0 Å². The second kappa shape index (κ2) is 6.14. The fourth-order valence-corrected chi connectivity index (χ4v) is 2.21. The number of halogens is 2. The lowest BCUT2D eigenvalue weighted by Crippen LogP contribution is -2.31. The summed E-state index contributed by atoms with van der Waals surface area (Å²) in [6.07, 6.45) is 4.61. The van der Waals surface area contributed by atoms with Crippen molar-refractivity contribution >= 4 is 11.6 Å². The second-order valence-electron chi connectivity index (χ2n) is 4.25. The normalized spacial score (nSPS) is 12.6. The SMILES string of the molecule is CCCn1ccnc1C(NN)c1ccc(F)c(Cl)c1. The minimum Gasteiger partial charge on any atom is -0.333 e. The largest absolute Gasteiger partial charge is 0.333 e. The van der Waals surface area contributed by atoms with E-state index in [0.29, 0.717) is 0 Å². The lowest BCUT2D eigenvalue weighted by molar-refractivity contribution is 0.544. The maximum atomic E-state index is 13.2. The van der Waals surface area contributed by atoms with Crippen LogP contribution in [0.25, 0.3) is 0 Å². The van der Waals surface area contributed by atoms with Gasteiger partial charge in [-0.25, -0.2) is 14.8 Å². The number of nitrogens with two attached hydrogens (primary N) is 1. The molecule has 0 radical (unpaired) electrons. The Hall–Kier alpha value is -1.43. The van der Waals surface area contributed by atoms with Crippen LogP contribution in [0.5, 0.6) is 0 Å². The van der Waals surface area contributed by atoms with Crippen LogP contribution in [0.3, 0.4) is 0 Å². The molecule has 0 bridgehead atoms. The number of benzene rings is 1. The van der Waals surface area contributed by atoms with Gasteiger partial charge in [0.1, 0.15) is 17.7 Å². The molecule has 0 saturated carbocycles. The van der Waals surface area contributed by atoms with E-state index >= 15 is 0 Å². The number of nitrogens with one attached hydrogen (secondary N) is 1. The van der Waals surface area contributed by atoms with Crippen LogP contribution < -0.4 is 11.3 Å². The maximum Gasteiger partial charge on any atom is 0.141 e. The van der Waals surface area contributed by atoms with E-state index in [1.54, 1.807) is 18.3 Å². The van der Waals surface area contributed by atoms with Crippen LogP contribution in [0.2, 0.25) is 5.02 Å². The van der Waals surface area contributed by atoms with Crippen LogP contribution in [0.1, 0.15) is 30.8 Å². The summed E-state index contributed by atoms with van der Waals surface area (Å²) in [4.78, 5) is 4.32. The zero-order valence-electron chi connectivity index (χ0n) is 10.6. The number of hydrogen-bond acceptors (Lipinski definition) is 3. The minimum absolute atomic E-state index is 0.0753. The molecule has 1 aromatic heterocycles. The van der Waals surface area contributed by atoms with Gasteiger partial charge in [0, 0.05) is 18.9 Å². The summed E-state index contributed by atoms with van der Waals surface area (Å²) in [6.45, 7) is 2.94. The van der Waals surface area contributed by atoms with E-state index in [0.717, 1.165) is 24.4 Å².